The van der Waals surface area contributed by atoms with Gasteiger partial charge in [0, 0.05) is 16.2 Å². The molecule has 4 nitrogen and oxygen atoms in total. The molecule has 0 aliphatic rings. The first-order valence-electron chi connectivity index (χ1n) is 3.92. The topological polar surface area (TPSA) is 63.6 Å². The Bertz CT molecular complexity index is 515. The van der Waals surface area contributed by atoms with Crippen LogP contribution in [0.15, 0.2) is 6.07 Å². The van der Waals surface area contributed by atoms with E-state index >= 15 is 0 Å². The maximum atomic E-state index is 13.2. The summed E-state index contributed by atoms with van der Waals surface area (Å²) in [4.78, 5) is 0. The van der Waals surface area contributed by atoms with Crippen LogP contribution in [0.25, 0.3) is 0 Å². The highest BCUT2D eigenvalue weighted by molar-refractivity contribution is 8.13. The maximum absolute atomic E-state index is 13.2. The Hall–Kier alpha value is -1.08. The number of phenolic OH excluding ortho intramolecular Hbond substituents is 1. The van der Waals surface area contributed by atoms with E-state index in [4.69, 9.17) is 15.8 Å². The normalized spacial score (nSPS) is 11.5. The summed E-state index contributed by atoms with van der Waals surface area (Å²) < 4.78 is 52.3. The third-order valence-corrected chi connectivity index (χ3v) is 2.74. The number of rotatable bonds is 3. The molecule has 16 heavy (non-hydrogen) atoms. The second-order valence-electron chi connectivity index (χ2n) is 2.90. The lowest BCUT2D eigenvalue weighted by molar-refractivity contribution is 0.347. The number of hydrogen-bond donors (Lipinski definition) is 1. The zero-order valence-corrected chi connectivity index (χ0v) is 9.57. The van der Waals surface area contributed by atoms with Crippen LogP contribution < -0.4 is 4.74 Å². The highest BCUT2D eigenvalue weighted by atomic mass is 35.7. The van der Waals surface area contributed by atoms with E-state index in [2.05, 4.69) is 4.74 Å². The van der Waals surface area contributed by atoms with Gasteiger partial charge in [0.25, 0.3) is 0 Å². The highest BCUT2D eigenvalue weighted by Crippen LogP contribution is 2.33. The molecule has 0 aliphatic carbocycles. The summed E-state index contributed by atoms with van der Waals surface area (Å²) in [5.74, 6) is -5.23. The number of hydrogen-bond acceptors (Lipinski definition) is 4. The average Bonchev–Trinajstić information content (AvgIpc) is 2.12. The molecule has 1 rings (SSSR count). The van der Waals surface area contributed by atoms with Crippen molar-refractivity contribution in [2.45, 2.75) is 5.75 Å². The van der Waals surface area contributed by atoms with E-state index in [1.54, 1.807) is 0 Å². The molecular formula is C8H7ClF2O4S. The molecule has 0 amide bonds. The monoisotopic (exact) mass is 272 g/mol. The Labute approximate surface area is 94.8 Å². The zero-order valence-electron chi connectivity index (χ0n) is 8.00. The van der Waals surface area contributed by atoms with Crippen LogP contribution in [0.3, 0.4) is 0 Å². The molecule has 1 aromatic rings. The highest BCUT2D eigenvalue weighted by Gasteiger charge is 2.21. The van der Waals surface area contributed by atoms with E-state index in [9.17, 15) is 17.2 Å². The number of aromatic hydroxyl groups is 1. The van der Waals surface area contributed by atoms with Gasteiger partial charge in [0.2, 0.25) is 14.9 Å². The lowest BCUT2D eigenvalue weighted by Gasteiger charge is -2.09. The van der Waals surface area contributed by atoms with Crippen molar-refractivity contribution in [3.63, 3.8) is 0 Å². The lowest BCUT2D eigenvalue weighted by Crippen LogP contribution is -2.02. The van der Waals surface area contributed by atoms with Crippen molar-refractivity contribution in [2.24, 2.45) is 0 Å². The Morgan fingerprint density at radius 2 is 2.06 bits per heavy atom. The van der Waals surface area contributed by atoms with Gasteiger partial charge in [0.1, 0.15) is 0 Å². The molecule has 1 aromatic carbocycles. The summed E-state index contributed by atoms with van der Waals surface area (Å²) in [6.07, 6.45) is 0. The van der Waals surface area contributed by atoms with Gasteiger partial charge >= 0.3 is 0 Å². The predicted octanol–water partition coefficient (Wildman–Crippen LogP) is 1.75. The first-order valence-corrected chi connectivity index (χ1v) is 6.40. The summed E-state index contributed by atoms with van der Waals surface area (Å²) in [6, 6.07) is 0.650. The van der Waals surface area contributed by atoms with Crippen LogP contribution in [-0.4, -0.2) is 20.6 Å². The molecule has 0 saturated heterocycles. The first-order chi connectivity index (χ1) is 7.26. The minimum atomic E-state index is -3.98. The third-order valence-electron chi connectivity index (χ3n) is 1.76. The molecule has 0 spiro atoms. The van der Waals surface area contributed by atoms with Crippen LogP contribution in [0.1, 0.15) is 5.56 Å². The maximum Gasteiger partial charge on any atom is 0.236 e. The van der Waals surface area contributed by atoms with Crippen LogP contribution in [0.4, 0.5) is 8.78 Å². The van der Waals surface area contributed by atoms with Crippen molar-refractivity contribution in [3.8, 4) is 11.5 Å². The molecular weight excluding hydrogens is 266 g/mol. The minimum absolute atomic E-state index is 0.301. The fourth-order valence-corrected chi connectivity index (χ4v) is 2.09. The van der Waals surface area contributed by atoms with Crippen molar-refractivity contribution >= 4 is 19.7 Å². The van der Waals surface area contributed by atoms with E-state index in [0.29, 0.717) is 6.07 Å². The van der Waals surface area contributed by atoms with Gasteiger partial charge in [0.05, 0.1) is 12.9 Å². The van der Waals surface area contributed by atoms with Gasteiger partial charge in [-0.15, -0.1) is 0 Å². The number of phenols is 1. The first kappa shape index (κ1) is 13.0. The standard InChI is InChI=1S/C8H7ClF2O4S/c1-15-8-4(3-16(9,13)14)2-5(10)7(12)6(8)11/h2,12H,3H2,1H3. The van der Waals surface area contributed by atoms with Crippen LogP contribution >= 0.6 is 10.7 Å². The largest absolute Gasteiger partial charge is 0.503 e. The van der Waals surface area contributed by atoms with Crippen LogP contribution in [-0.2, 0) is 14.8 Å². The quantitative estimate of drug-likeness (QED) is 0.852. The van der Waals surface area contributed by atoms with Gasteiger partial charge in [-0.2, -0.15) is 4.39 Å². The van der Waals surface area contributed by atoms with Crippen molar-refractivity contribution in [1.82, 2.24) is 0 Å². The van der Waals surface area contributed by atoms with E-state index in [-0.39, 0.29) is 5.56 Å². The van der Waals surface area contributed by atoms with Gasteiger partial charge in [-0.05, 0) is 6.07 Å². The van der Waals surface area contributed by atoms with Gasteiger partial charge in [-0.3, -0.25) is 0 Å². The van der Waals surface area contributed by atoms with E-state index in [0.717, 1.165) is 7.11 Å². The summed E-state index contributed by atoms with van der Waals surface area (Å²) in [6.45, 7) is 0. The molecule has 0 heterocycles. The molecule has 90 valence electrons. The third kappa shape index (κ3) is 2.73. The Balaban J connectivity index is 3.39. The van der Waals surface area contributed by atoms with Crippen LogP contribution in [0.5, 0.6) is 11.5 Å². The smallest absolute Gasteiger partial charge is 0.236 e. The Morgan fingerprint density at radius 1 is 1.50 bits per heavy atom. The van der Waals surface area contributed by atoms with Crippen LogP contribution in [0, 0.1) is 11.6 Å². The molecule has 0 aliphatic heterocycles. The van der Waals surface area contributed by atoms with Crippen LogP contribution in [0.2, 0.25) is 0 Å². The van der Waals surface area contributed by atoms with E-state index in [1.165, 1.54) is 0 Å². The summed E-state index contributed by atoms with van der Waals surface area (Å²) in [7, 11) is 2.03. The Morgan fingerprint density at radius 3 is 2.50 bits per heavy atom. The molecule has 0 fully saturated rings. The Kier molecular flexibility index (Phi) is 3.59. The van der Waals surface area contributed by atoms with Gasteiger partial charge < -0.3 is 9.84 Å². The average molecular weight is 273 g/mol. The molecule has 1 N–H and O–H groups in total. The van der Waals surface area contributed by atoms with Gasteiger partial charge in [0.15, 0.2) is 17.3 Å². The molecule has 0 aromatic heterocycles. The van der Waals surface area contributed by atoms with Gasteiger partial charge in [-0.1, -0.05) is 0 Å². The predicted molar refractivity (Wildman–Crippen MR) is 53.1 cm³/mol. The lowest BCUT2D eigenvalue weighted by atomic mass is 10.2. The number of methoxy groups -OCH3 is 1. The fraction of sp³-hybridized carbons (Fsp3) is 0.250. The van der Waals surface area contributed by atoms with Crippen molar-refractivity contribution in [3.05, 3.63) is 23.3 Å². The second kappa shape index (κ2) is 4.42. The molecule has 0 saturated carbocycles. The van der Waals surface area contributed by atoms with Gasteiger partial charge in [-0.25, -0.2) is 12.8 Å². The molecule has 0 unspecified atom stereocenters. The molecule has 0 radical (unpaired) electrons. The van der Waals surface area contributed by atoms with Crippen molar-refractivity contribution < 1.29 is 27.0 Å². The summed E-state index contributed by atoms with van der Waals surface area (Å²) in [5, 5.41) is 8.93. The van der Waals surface area contributed by atoms with Crippen molar-refractivity contribution in [1.29, 1.82) is 0 Å². The number of ether oxygens (including phenoxy) is 1. The van der Waals surface area contributed by atoms with E-state index in [1.807, 2.05) is 0 Å². The molecule has 0 atom stereocenters. The molecule has 8 heteroatoms. The van der Waals surface area contributed by atoms with E-state index < -0.39 is 37.9 Å². The summed E-state index contributed by atoms with van der Waals surface area (Å²) in [5.41, 5.74) is -0.301. The van der Waals surface area contributed by atoms with Crippen molar-refractivity contribution in [2.75, 3.05) is 7.11 Å². The SMILES string of the molecule is COc1c(CS(=O)(=O)Cl)cc(F)c(O)c1F. The fourth-order valence-electron chi connectivity index (χ4n) is 1.15. The number of halogens is 3. The molecule has 0 bridgehead atoms. The summed E-state index contributed by atoms with van der Waals surface area (Å²) >= 11 is 0. The second-order valence-corrected chi connectivity index (χ2v) is 5.67. The minimum Gasteiger partial charge on any atom is -0.503 e. The number of benzene rings is 1. The zero-order chi connectivity index (χ0) is 12.5.